The molecule has 0 amide bonds. The van der Waals surface area contributed by atoms with Gasteiger partial charge in [-0.05, 0) is 4.74 Å². The second-order valence-corrected chi connectivity index (χ2v) is 1.47. The van der Waals surface area contributed by atoms with Crippen LogP contribution < -0.4 is 0 Å². The fraction of sp³-hybridized carbons (Fsp3) is 0.750. The van der Waals surface area contributed by atoms with E-state index in [4.69, 9.17) is 11.9 Å². The molecular formula is C4H9NO+. The van der Waals surface area contributed by atoms with Gasteiger partial charge in [0.1, 0.15) is 0 Å². The average molecular weight is 87.1 g/mol. The molecule has 0 aromatic carbocycles. The molecule has 0 saturated carbocycles. The molecule has 0 rings (SSSR count). The van der Waals surface area contributed by atoms with Gasteiger partial charge in [-0.2, -0.15) is 0 Å². The van der Waals surface area contributed by atoms with Crippen molar-refractivity contribution in [2.24, 2.45) is 0 Å². The number of hydroxylamine groups is 1. The Morgan fingerprint density at radius 1 is 1.67 bits per heavy atom. The zero-order chi connectivity index (χ0) is 5.15. The van der Waals surface area contributed by atoms with Gasteiger partial charge in [-0.15, -0.1) is 0 Å². The van der Waals surface area contributed by atoms with E-state index < -0.39 is 0 Å². The molecule has 1 radical (unpaired) electrons. The van der Waals surface area contributed by atoms with Gasteiger partial charge >= 0.3 is 0 Å². The lowest BCUT2D eigenvalue weighted by Crippen LogP contribution is -2.12. The Morgan fingerprint density at radius 2 is 1.83 bits per heavy atom. The number of nitrogens with zero attached hydrogens (tertiary/aromatic N) is 1. The van der Waals surface area contributed by atoms with E-state index in [1.165, 1.54) is 0 Å². The maximum Gasteiger partial charge on any atom is 0.283 e. The molecule has 35 valence electrons. The first-order valence-corrected chi connectivity index (χ1v) is 1.87. The zero-order valence-corrected chi connectivity index (χ0v) is 4.05. The molecule has 0 bridgehead atoms. The van der Waals surface area contributed by atoms with Gasteiger partial charge in [0.2, 0.25) is 0 Å². The first-order chi connectivity index (χ1) is 2.64. The third-order valence-electron chi connectivity index (χ3n) is 0.529. The molecule has 2 heteroatoms. The quantitative estimate of drug-likeness (QED) is 0.212. The minimum atomic E-state index is 0.0185. The van der Waals surface area contributed by atoms with Crippen molar-refractivity contribution in [1.82, 2.24) is 0 Å². The van der Waals surface area contributed by atoms with Gasteiger partial charge < -0.3 is 0 Å². The summed E-state index contributed by atoms with van der Waals surface area (Å²) in [6.07, 6.45) is 0. The number of hydrogen-bond acceptors (Lipinski definition) is 1. The van der Waals surface area contributed by atoms with Gasteiger partial charge in [0, 0.05) is 13.8 Å². The smallest absolute Gasteiger partial charge is 0.283 e. The van der Waals surface area contributed by atoms with Crippen LogP contribution in [0, 0.1) is 0 Å². The van der Waals surface area contributed by atoms with Gasteiger partial charge in [-0.25, -0.2) is 0 Å². The highest BCUT2D eigenvalue weighted by atomic mass is 16.5. The van der Waals surface area contributed by atoms with Gasteiger partial charge in [0.25, 0.3) is 6.72 Å². The van der Waals surface area contributed by atoms with Crippen molar-refractivity contribution in [3.05, 3.63) is 0 Å². The van der Waals surface area contributed by atoms with Crippen LogP contribution >= 0.6 is 0 Å². The van der Waals surface area contributed by atoms with Crippen molar-refractivity contribution >= 4 is 6.72 Å². The van der Waals surface area contributed by atoms with Gasteiger partial charge in [0.15, 0.2) is 6.04 Å². The molecule has 6 heavy (non-hydrogen) atoms. The molecule has 0 unspecified atom stereocenters. The van der Waals surface area contributed by atoms with Crippen LogP contribution in [0.5, 0.6) is 0 Å². The molecule has 0 aliphatic rings. The summed E-state index contributed by atoms with van der Waals surface area (Å²) in [5, 5.41) is 8.24. The molecule has 1 N–H and O–H groups in total. The molecule has 0 aromatic heterocycles. The summed E-state index contributed by atoms with van der Waals surface area (Å²) < 4.78 is 0.667. The van der Waals surface area contributed by atoms with Crippen molar-refractivity contribution in [3.63, 3.8) is 0 Å². The van der Waals surface area contributed by atoms with E-state index in [0.717, 1.165) is 0 Å². The topological polar surface area (TPSA) is 23.2 Å². The van der Waals surface area contributed by atoms with Crippen LogP contribution in [0.15, 0.2) is 0 Å². The highest BCUT2D eigenvalue weighted by molar-refractivity contribution is 5.13. The Morgan fingerprint density at radius 3 is 1.83 bits per heavy atom. The molecule has 2 nitrogen and oxygen atoms in total. The second kappa shape index (κ2) is 1.80. The Hall–Kier alpha value is -0.530. The van der Waals surface area contributed by atoms with Gasteiger partial charge in [-0.3, -0.25) is 5.21 Å². The number of rotatable bonds is 1. The van der Waals surface area contributed by atoms with Crippen molar-refractivity contribution < 1.29 is 9.95 Å². The van der Waals surface area contributed by atoms with E-state index in [-0.39, 0.29) is 6.04 Å². The van der Waals surface area contributed by atoms with Crippen molar-refractivity contribution in [3.8, 4) is 0 Å². The van der Waals surface area contributed by atoms with Crippen LogP contribution in [0.3, 0.4) is 0 Å². The van der Waals surface area contributed by atoms with Crippen LogP contribution in [0.25, 0.3) is 0 Å². The second-order valence-electron chi connectivity index (χ2n) is 1.47. The van der Waals surface area contributed by atoms with Crippen LogP contribution in [-0.2, 0) is 0 Å². The highest BCUT2D eigenvalue weighted by Crippen LogP contribution is 1.76. The van der Waals surface area contributed by atoms with E-state index in [9.17, 15) is 0 Å². The first kappa shape index (κ1) is 5.47. The normalized spacial score (nSPS) is 9.17. The Balaban J connectivity index is 3.26. The molecule has 0 fully saturated rings. The third-order valence-corrected chi connectivity index (χ3v) is 0.529. The minimum Gasteiger partial charge on any atom is -0.290 e. The predicted molar refractivity (Wildman–Crippen MR) is 23.2 cm³/mol. The number of hydrogen-bond donors (Lipinski definition) is 1. The Labute approximate surface area is 37.7 Å². The molecule has 0 atom stereocenters. The lowest BCUT2D eigenvalue weighted by molar-refractivity contribution is -0.789. The molecule has 0 heterocycles. The Bertz CT molecular complexity index is 58.6. The van der Waals surface area contributed by atoms with Gasteiger partial charge in [0.05, 0.1) is 0 Å². The fourth-order valence-corrected chi connectivity index (χ4v) is 0. The maximum atomic E-state index is 8.24. The zero-order valence-electron chi connectivity index (χ0n) is 4.05. The van der Waals surface area contributed by atoms with E-state index in [2.05, 4.69) is 0 Å². The predicted octanol–water partition coefficient (Wildman–Crippen LogP) is 0.374. The summed E-state index contributed by atoms with van der Waals surface area (Å²) in [4.78, 5) is 0. The van der Waals surface area contributed by atoms with Crippen molar-refractivity contribution in [2.45, 2.75) is 19.9 Å². The standard InChI is InChI=1S/C4H9NO/c1-4(2)5(3)6/h3-4,6H,1-2H3/q+1. The summed E-state index contributed by atoms with van der Waals surface area (Å²) >= 11 is 0. The summed E-state index contributed by atoms with van der Waals surface area (Å²) in [7, 11) is 0. The average Bonchev–Trinajstić information content (AvgIpc) is 1.36. The summed E-state index contributed by atoms with van der Waals surface area (Å²) in [5.74, 6) is 0. The third kappa shape index (κ3) is 1.76. The van der Waals surface area contributed by atoms with E-state index in [1.54, 1.807) is 13.8 Å². The van der Waals surface area contributed by atoms with E-state index in [1.807, 2.05) is 0 Å². The van der Waals surface area contributed by atoms with Crippen LogP contribution in [-0.4, -0.2) is 22.7 Å². The first-order valence-electron chi connectivity index (χ1n) is 1.87. The summed E-state index contributed by atoms with van der Waals surface area (Å²) in [5.41, 5.74) is 0. The maximum absolute atomic E-state index is 8.24. The lowest BCUT2D eigenvalue weighted by Gasteiger charge is -1.87. The molecule has 0 aliphatic carbocycles. The van der Waals surface area contributed by atoms with E-state index >= 15 is 0 Å². The summed E-state index contributed by atoms with van der Waals surface area (Å²) in [6, 6.07) is 0.0185. The summed E-state index contributed by atoms with van der Waals surface area (Å²) in [6.45, 7) is 8.41. The van der Waals surface area contributed by atoms with Crippen LogP contribution in [0.2, 0.25) is 0 Å². The van der Waals surface area contributed by atoms with E-state index in [0.29, 0.717) is 4.74 Å². The molecule has 0 saturated heterocycles. The monoisotopic (exact) mass is 87.1 g/mol. The van der Waals surface area contributed by atoms with Gasteiger partial charge in [-0.1, -0.05) is 0 Å². The van der Waals surface area contributed by atoms with Crippen molar-refractivity contribution in [1.29, 1.82) is 0 Å². The largest absolute Gasteiger partial charge is 0.290 e. The highest BCUT2D eigenvalue weighted by Gasteiger charge is 1.99. The Kier molecular flexibility index (Phi) is 1.64. The van der Waals surface area contributed by atoms with Crippen molar-refractivity contribution in [2.75, 3.05) is 0 Å². The minimum absolute atomic E-state index is 0.0185. The molecular weight excluding hydrogens is 78.0 g/mol. The fourth-order valence-electron chi connectivity index (χ4n) is 0. The molecule has 0 aliphatic heterocycles. The van der Waals surface area contributed by atoms with Crippen LogP contribution in [0.1, 0.15) is 13.8 Å². The van der Waals surface area contributed by atoms with Crippen LogP contribution in [0.4, 0.5) is 0 Å². The molecule has 0 aromatic rings. The lowest BCUT2D eigenvalue weighted by atomic mass is 10.4. The SMILES string of the molecule is [CH]=[N+](O)C(C)C. The molecule has 0 spiro atoms.